The molecule has 118 valence electrons. The van der Waals surface area contributed by atoms with E-state index in [4.69, 9.17) is 4.74 Å². The number of nitrogens with one attached hydrogen (secondary N) is 1. The SMILES string of the molecule is CCOC(=O)[C@]1(Cc2ccccc2)Cc2ccccc2NC1=O. The summed E-state index contributed by atoms with van der Waals surface area (Å²) in [7, 11) is 0. The first kappa shape index (κ1) is 15.3. The number of hydrogen-bond donors (Lipinski definition) is 1. The van der Waals surface area contributed by atoms with Crippen LogP contribution in [0.4, 0.5) is 5.69 Å². The van der Waals surface area contributed by atoms with E-state index in [9.17, 15) is 9.59 Å². The van der Waals surface area contributed by atoms with Crippen molar-refractivity contribution in [1.82, 2.24) is 0 Å². The van der Waals surface area contributed by atoms with Crippen molar-refractivity contribution in [2.24, 2.45) is 5.41 Å². The standard InChI is InChI=1S/C19H19NO3/c1-2-23-18(22)19(12-14-8-4-3-5-9-14)13-15-10-6-7-11-16(15)20-17(19)21/h3-11H,2,12-13H2,1H3,(H,20,21)/t19-/m1/s1. The van der Waals surface area contributed by atoms with E-state index in [1.54, 1.807) is 6.92 Å². The molecule has 0 saturated heterocycles. The lowest BCUT2D eigenvalue weighted by Gasteiger charge is -2.35. The predicted octanol–water partition coefficient (Wildman–Crippen LogP) is 2.97. The zero-order valence-electron chi connectivity index (χ0n) is 13.0. The Labute approximate surface area is 135 Å². The molecule has 2 aromatic rings. The van der Waals surface area contributed by atoms with Crippen LogP contribution in [-0.4, -0.2) is 18.5 Å². The van der Waals surface area contributed by atoms with Crippen LogP contribution < -0.4 is 5.32 Å². The van der Waals surface area contributed by atoms with Crippen molar-refractivity contribution in [3.63, 3.8) is 0 Å². The van der Waals surface area contributed by atoms with Gasteiger partial charge in [0.05, 0.1) is 6.61 Å². The molecule has 2 aromatic carbocycles. The summed E-state index contributed by atoms with van der Waals surface area (Å²) in [5, 5.41) is 2.87. The van der Waals surface area contributed by atoms with Gasteiger partial charge in [-0.3, -0.25) is 9.59 Å². The molecule has 0 fully saturated rings. The number of hydrogen-bond acceptors (Lipinski definition) is 3. The highest BCUT2D eigenvalue weighted by molar-refractivity contribution is 6.11. The molecule has 0 bridgehead atoms. The van der Waals surface area contributed by atoms with Crippen molar-refractivity contribution in [2.45, 2.75) is 19.8 Å². The summed E-state index contributed by atoms with van der Waals surface area (Å²) in [5.74, 6) is -0.755. The second-order valence-corrected chi connectivity index (χ2v) is 5.75. The van der Waals surface area contributed by atoms with E-state index in [0.29, 0.717) is 12.8 Å². The molecule has 1 aliphatic rings. The minimum Gasteiger partial charge on any atom is -0.465 e. The van der Waals surface area contributed by atoms with Crippen LogP contribution in [0.15, 0.2) is 54.6 Å². The number of para-hydroxylation sites is 1. The molecule has 0 aromatic heterocycles. The van der Waals surface area contributed by atoms with Crippen molar-refractivity contribution in [3.8, 4) is 0 Å². The molecule has 4 heteroatoms. The lowest BCUT2D eigenvalue weighted by molar-refractivity contribution is -0.159. The van der Waals surface area contributed by atoms with Gasteiger partial charge in [0.1, 0.15) is 0 Å². The smallest absolute Gasteiger partial charge is 0.322 e. The summed E-state index contributed by atoms with van der Waals surface area (Å²) >= 11 is 0. The predicted molar refractivity (Wildman–Crippen MR) is 88.0 cm³/mol. The number of carbonyl (C=O) groups excluding carboxylic acids is 2. The van der Waals surface area contributed by atoms with E-state index in [0.717, 1.165) is 16.8 Å². The highest BCUT2D eigenvalue weighted by Gasteiger charge is 2.50. The molecule has 3 rings (SSSR count). The molecular formula is C19H19NO3. The quantitative estimate of drug-likeness (QED) is 0.698. The van der Waals surface area contributed by atoms with Gasteiger partial charge in [-0.25, -0.2) is 0 Å². The molecule has 23 heavy (non-hydrogen) atoms. The van der Waals surface area contributed by atoms with E-state index in [-0.39, 0.29) is 12.5 Å². The average molecular weight is 309 g/mol. The summed E-state index contributed by atoms with van der Waals surface area (Å²) < 4.78 is 5.24. The first-order valence-corrected chi connectivity index (χ1v) is 7.76. The van der Waals surface area contributed by atoms with Gasteiger partial charge in [0.25, 0.3) is 0 Å². The molecular weight excluding hydrogens is 290 g/mol. The third kappa shape index (κ3) is 2.84. The van der Waals surface area contributed by atoms with Crippen LogP contribution in [0.1, 0.15) is 18.1 Å². The Bertz CT molecular complexity index is 726. The number of esters is 1. The van der Waals surface area contributed by atoms with Crippen LogP contribution in [-0.2, 0) is 27.2 Å². The van der Waals surface area contributed by atoms with Gasteiger partial charge in [-0.1, -0.05) is 48.5 Å². The minimum absolute atomic E-state index is 0.254. The van der Waals surface area contributed by atoms with Gasteiger partial charge in [-0.05, 0) is 37.0 Å². The molecule has 4 nitrogen and oxygen atoms in total. The third-order valence-electron chi connectivity index (χ3n) is 4.21. The number of carbonyl (C=O) groups is 2. The zero-order valence-corrected chi connectivity index (χ0v) is 13.0. The molecule has 1 amide bonds. The number of anilines is 1. The van der Waals surface area contributed by atoms with E-state index in [2.05, 4.69) is 5.32 Å². The Hall–Kier alpha value is -2.62. The van der Waals surface area contributed by atoms with Crippen LogP contribution in [0.2, 0.25) is 0 Å². The number of amides is 1. The highest BCUT2D eigenvalue weighted by Crippen LogP contribution is 2.37. The van der Waals surface area contributed by atoms with E-state index in [1.807, 2.05) is 54.6 Å². The lowest BCUT2D eigenvalue weighted by atomic mass is 9.73. The van der Waals surface area contributed by atoms with Crippen LogP contribution >= 0.6 is 0 Å². The Morgan fingerprint density at radius 1 is 1.13 bits per heavy atom. The van der Waals surface area contributed by atoms with Gasteiger partial charge in [0, 0.05) is 5.69 Å². The van der Waals surface area contributed by atoms with Gasteiger partial charge in [-0.15, -0.1) is 0 Å². The number of ether oxygens (including phenoxy) is 1. The molecule has 0 unspecified atom stereocenters. The van der Waals surface area contributed by atoms with E-state index >= 15 is 0 Å². The molecule has 0 spiro atoms. The van der Waals surface area contributed by atoms with E-state index < -0.39 is 11.4 Å². The lowest BCUT2D eigenvalue weighted by Crippen LogP contribution is -2.50. The molecule has 1 heterocycles. The fraction of sp³-hybridized carbons (Fsp3) is 0.263. The van der Waals surface area contributed by atoms with Gasteiger partial charge in [-0.2, -0.15) is 0 Å². The van der Waals surface area contributed by atoms with Crippen molar-refractivity contribution < 1.29 is 14.3 Å². The maximum atomic E-state index is 12.8. The molecule has 0 aliphatic carbocycles. The minimum atomic E-state index is -1.22. The largest absolute Gasteiger partial charge is 0.465 e. The van der Waals surface area contributed by atoms with Gasteiger partial charge < -0.3 is 10.1 Å². The Kier molecular flexibility index (Phi) is 4.15. The number of rotatable bonds is 4. The summed E-state index contributed by atoms with van der Waals surface area (Å²) in [6.07, 6.45) is 0.676. The molecule has 0 saturated carbocycles. The summed E-state index contributed by atoms with van der Waals surface area (Å²) in [5.41, 5.74) is 1.45. The Balaban J connectivity index is 2.02. The average Bonchev–Trinajstić information content (AvgIpc) is 2.56. The molecule has 0 radical (unpaired) electrons. The highest BCUT2D eigenvalue weighted by atomic mass is 16.5. The maximum absolute atomic E-state index is 12.8. The van der Waals surface area contributed by atoms with Gasteiger partial charge >= 0.3 is 5.97 Å². The normalized spacial score (nSPS) is 19.6. The van der Waals surface area contributed by atoms with Crippen LogP contribution in [0.25, 0.3) is 0 Å². The van der Waals surface area contributed by atoms with Crippen molar-refractivity contribution >= 4 is 17.6 Å². The first-order chi connectivity index (χ1) is 11.2. The zero-order chi connectivity index (χ0) is 16.3. The number of benzene rings is 2. The molecule has 1 N–H and O–H groups in total. The Morgan fingerprint density at radius 2 is 1.83 bits per heavy atom. The topological polar surface area (TPSA) is 55.4 Å². The van der Waals surface area contributed by atoms with Crippen LogP contribution in [0.5, 0.6) is 0 Å². The second kappa shape index (κ2) is 6.24. The summed E-state index contributed by atoms with van der Waals surface area (Å²) in [6, 6.07) is 17.1. The van der Waals surface area contributed by atoms with Crippen molar-refractivity contribution in [1.29, 1.82) is 0 Å². The fourth-order valence-corrected chi connectivity index (χ4v) is 3.04. The molecule has 1 aliphatic heterocycles. The second-order valence-electron chi connectivity index (χ2n) is 5.75. The molecule has 1 atom stereocenters. The fourth-order valence-electron chi connectivity index (χ4n) is 3.04. The monoisotopic (exact) mass is 309 g/mol. The van der Waals surface area contributed by atoms with Crippen molar-refractivity contribution in [3.05, 3.63) is 65.7 Å². The summed E-state index contributed by atoms with van der Waals surface area (Å²) in [6.45, 7) is 2.01. The van der Waals surface area contributed by atoms with Gasteiger partial charge in [0.15, 0.2) is 5.41 Å². The Morgan fingerprint density at radius 3 is 2.57 bits per heavy atom. The first-order valence-electron chi connectivity index (χ1n) is 7.76. The van der Waals surface area contributed by atoms with Crippen LogP contribution in [0, 0.1) is 5.41 Å². The third-order valence-corrected chi connectivity index (χ3v) is 4.21. The number of fused-ring (bicyclic) bond motifs is 1. The summed E-state index contributed by atoms with van der Waals surface area (Å²) in [4.78, 5) is 25.4. The van der Waals surface area contributed by atoms with E-state index in [1.165, 1.54) is 0 Å². The van der Waals surface area contributed by atoms with Crippen LogP contribution in [0.3, 0.4) is 0 Å². The van der Waals surface area contributed by atoms with Crippen molar-refractivity contribution in [2.75, 3.05) is 11.9 Å². The van der Waals surface area contributed by atoms with Gasteiger partial charge in [0.2, 0.25) is 5.91 Å². The maximum Gasteiger partial charge on any atom is 0.322 e.